The van der Waals surface area contributed by atoms with E-state index in [2.05, 4.69) is 5.32 Å². The Labute approximate surface area is 104 Å². The van der Waals surface area contributed by atoms with Gasteiger partial charge in [-0.25, -0.2) is 9.18 Å². The molecule has 0 radical (unpaired) electrons. The second kappa shape index (κ2) is 5.22. The number of benzene rings is 1. The summed E-state index contributed by atoms with van der Waals surface area (Å²) in [5.74, 6) is -0.141. The number of methoxy groups -OCH3 is 1. The van der Waals surface area contributed by atoms with Crippen molar-refractivity contribution in [1.29, 1.82) is 0 Å². The number of urea groups is 1. The molecule has 98 valence electrons. The van der Waals surface area contributed by atoms with Crippen molar-refractivity contribution in [2.75, 3.05) is 25.5 Å². The van der Waals surface area contributed by atoms with Crippen LogP contribution in [0.3, 0.4) is 0 Å². The molecule has 0 aliphatic carbocycles. The van der Waals surface area contributed by atoms with Gasteiger partial charge in [0.25, 0.3) is 0 Å². The number of β-amino-alcohol motifs (C(OH)–C–C–N with tert-alkyl or cyclic N) is 1. The zero-order chi connectivity index (χ0) is 13.1. The van der Waals surface area contributed by atoms with Crippen LogP contribution in [0.25, 0.3) is 0 Å². The van der Waals surface area contributed by atoms with E-state index in [0.29, 0.717) is 30.9 Å². The van der Waals surface area contributed by atoms with Gasteiger partial charge in [-0.05, 0) is 12.5 Å². The number of nitrogens with one attached hydrogen (secondary N) is 1. The van der Waals surface area contributed by atoms with E-state index in [1.54, 1.807) is 0 Å². The van der Waals surface area contributed by atoms with Gasteiger partial charge in [-0.1, -0.05) is 0 Å². The van der Waals surface area contributed by atoms with E-state index >= 15 is 0 Å². The summed E-state index contributed by atoms with van der Waals surface area (Å²) in [6, 6.07) is 3.63. The van der Waals surface area contributed by atoms with Crippen molar-refractivity contribution in [2.45, 2.75) is 12.5 Å². The first kappa shape index (κ1) is 12.6. The molecule has 2 rings (SSSR count). The highest BCUT2D eigenvalue weighted by molar-refractivity contribution is 5.89. The minimum atomic E-state index is -0.480. The molecule has 5 nitrogen and oxygen atoms in total. The van der Waals surface area contributed by atoms with E-state index in [9.17, 15) is 14.3 Å². The number of rotatable bonds is 2. The van der Waals surface area contributed by atoms with Gasteiger partial charge >= 0.3 is 6.03 Å². The highest BCUT2D eigenvalue weighted by atomic mass is 19.1. The van der Waals surface area contributed by atoms with Crippen LogP contribution in [0.5, 0.6) is 5.75 Å². The van der Waals surface area contributed by atoms with Gasteiger partial charge in [0.05, 0.1) is 13.2 Å². The number of nitrogens with zero attached hydrogens (tertiary/aromatic N) is 1. The molecule has 0 aromatic heterocycles. The number of aliphatic hydroxyl groups excluding tert-OH is 1. The number of likely N-dealkylation sites (tertiary alicyclic amines) is 1. The molecule has 1 heterocycles. The van der Waals surface area contributed by atoms with Crippen LogP contribution in [0.15, 0.2) is 18.2 Å². The lowest BCUT2D eigenvalue weighted by atomic mass is 10.3. The van der Waals surface area contributed by atoms with Gasteiger partial charge in [-0.15, -0.1) is 0 Å². The quantitative estimate of drug-likeness (QED) is 0.839. The molecule has 2 amide bonds. The molecule has 6 heteroatoms. The van der Waals surface area contributed by atoms with Crippen molar-refractivity contribution in [3.63, 3.8) is 0 Å². The van der Waals surface area contributed by atoms with Crippen LogP contribution >= 0.6 is 0 Å². The number of hydrogen-bond acceptors (Lipinski definition) is 3. The van der Waals surface area contributed by atoms with E-state index in [0.717, 1.165) is 0 Å². The number of amides is 2. The molecule has 1 saturated heterocycles. The predicted molar refractivity (Wildman–Crippen MR) is 64.2 cm³/mol. The molecule has 2 N–H and O–H groups in total. The third-order valence-corrected chi connectivity index (χ3v) is 2.81. The summed E-state index contributed by atoms with van der Waals surface area (Å²) in [5, 5.41) is 11.9. The Morgan fingerprint density at radius 2 is 2.33 bits per heavy atom. The van der Waals surface area contributed by atoms with Crippen molar-refractivity contribution in [3.8, 4) is 5.75 Å². The second-order valence-corrected chi connectivity index (χ2v) is 4.20. The second-order valence-electron chi connectivity index (χ2n) is 4.20. The number of ether oxygens (including phenoxy) is 1. The average Bonchev–Trinajstić information content (AvgIpc) is 2.75. The fourth-order valence-corrected chi connectivity index (χ4v) is 1.88. The van der Waals surface area contributed by atoms with Crippen LogP contribution in [0.2, 0.25) is 0 Å². The summed E-state index contributed by atoms with van der Waals surface area (Å²) in [6.07, 6.45) is 0.0951. The molecule has 1 aliphatic heterocycles. The van der Waals surface area contributed by atoms with Crippen LogP contribution < -0.4 is 10.1 Å². The zero-order valence-corrected chi connectivity index (χ0v) is 10.0. The molecule has 1 atom stereocenters. The van der Waals surface area contributed by atoms with Gasteiger partial charge in [-0.2, -0.15) is 0 Å². The molecule has 1 fully saturated rings. The fourth-order valence-electron chi connectivity index (χ4n) is 1.88. The summed E-state index contributed by atoms with van der Waals surface area (Å²) in [7, 11) is 1.43. The first-order chi connectivity index (χ1) is 8.58. The molecule has 1 aromatic carbocycles. The van der Waals surface area contributed by atoms with Crippen LogP contribution in [-0.4, -0.2) is 42.3 Å². The van der Waals surface area contributed by atoms with Gasteiger partial charge in [0.1, 0.15) is 11.6 Å². The molecule has 18 heavy (non-hydrogen) atoms. The number of carbonyl (C=O) groups is 1. The predicted octanol–water partition coefficient (Wildman–Crippen LogP) is 1.43. The topological polar surface area (TPSA) is 61.8 Å². The molecule has 0 bridgehead atoms. The third-order valence-electron chi connectivity index (χ3n) is 2.81. The minimum absolute atomic E-state index is 0.304. The normalized spacial score (nSPS) is 18.8. The molecular formula is C12H15FN2O3. The highest BCUT2D eigenvalue weighted by Gasteiger charge is 2.24. The SMILES string of the molecule is COc1cc(F)cc(NC(=O)N2CC[C@H](O)C2)c1. The molecule has 0 unspecified atom stereocenters. The standard InChI is InChI=1S/C12H15FN2O3/c1-18-11-5-8(13)4-9(6-11)14-12(17)15-3-2-10(16)7-15/h4-6,10,16H,2-3,7H2,1H3,(H,14,17)/t10-/m0/s1. The Bertz CT molecular complexity index is 453. The molecule has 0 saturated carbocycles. The Balaban J connectivity index is 2.04. The van der Waals surface area contributed by atoms with Crippen molar-refractivity contribution in [3.05, 3.63) is 24.0 Å². The number of anilines is 1. The van der Waals surface area contributed by atoms with Crippen molar-refractivity contribution in [2.24, 2.45) is 0 Å². The Kier molecular flexibility index (Phi) is 3.66. The van der Waals surface area contributed by atoms with Gasteiger partial charge in [0, 0.05) is 30.9 Å². The summed E-state index contributed by atoms with van der Waals surface area (Å²) in [5.41, 5.74) is 0.332. The smallest absolute Gasteiger partial charge is 0.321 e. The maximum atomic E-state index is 13.2. The van der Waals surface area contributed by atoms with Crippen LogP contribution in [0.4, 0.5) is 14.9 Å². The summed E-state index contributed by atoms with van der Waals surface area (Å²) in [4.78, 5) is 13.3. The van der Waals surface area contributed by atoms with E-state index in [1.165, 1.54) is 30.2 Å². The third kappa shape index (κ3) is 2.89. The molecule has 1 aliphatic rings. The Hall–Kier alpha value is -1.82. The lowest BCUT2D eigenvalue weighted by Gasteiger charge is -2.16. The summed E-state index contributed by atoms with van der Waals surface area (Å²) < 4.78 is 18.1. The van der Waals surface area contributed by atoms with Gasteiger partial charge in [0.15, 0.2) is 0 Å². The van der Waals surface area contributed by atoms with Gasteiger partial charge in [0.2, 0.25) is 0 Å². The van der Waals surface area contributed by atoms with Crippen LogP contribution in [-0.2, 0) is 0 Å². The lowest BCUT2D eigenvalue weighted by Crippen LogP contribution is -2.33. The molecule has 0 spiro atoms. The molecule has 1 aromatic rings. The highest BCUT2D eigenvalue weighted by Crippen LogP contribution is 2.20. The maximum absolute atomic E-state index is 13.2. The first-order valence-electron chi connectivity index (χ1n) is 5.67. The largest absolute Gasteiger partial charge is 0.497 e. The number of halogens is 1. The van der Waals surface area contributed by atoms with Crippen molar-refractivity contribution < 1.29 is 19.0 Å². The van der Waals surface area contributed by atoms with E-state index in [4.69, 9.17) is 4.74 Å². The molecular weight excluding hydrogens is 239 g/mol. The number of carbonyl (C=O) groups excluding carboxylic acids is 1. The van der Waals surface area contributed by atoms with Gasteiger partial charge < -0.3 is 20.1 Å². The fraction of sp³-hybridized carbons (Fsp3) is 0.417. The van der Waals surface area contributed by atoms with E-state index < -0.39 is 11.9 Å². The minimum Gasteiger partial charge on any atom is -0.497 e. The van der Waals surface area contributed by atoms with Crippen LogP contribution in [0.1, 0.15) is 6.42 Å². The average molecular weight is 254 g/mol. The Morgan fingerprint density at radius 1 is 1.56 bits per heavy atom. The van der Waals surface area contributed by atoms with Crippen LogP contribution in [0, 0.1) is 5.82 Å². The maximum Gasteiger partial charge on any atom is 0.321 e. The van der Waals surface area contributed by atoms with E-state index in [1.807, 2.05) is 0 Å². The number of aliphatic hydroxyl groups is 1. The first-order valence-corrected chi connectivity index (χ1v) is 5.67. The van der Waals surface area contributed by atoms with Gasteiger partial charge in [-0.3, -0.25) is 0 Å². The zero-order valence-electron chi connectivity index (χ0n) is 10.0. The van der Waals surface area contributed by atoms with E-state index in [-0.39, 0.29) is 6.03 Å². The lowest BCUT2D eigenvalue weighted by molar-refractivity contribution is 0.176. The van der Waals surface area contributed by atoms with Crippen molar-refractivity contribution >= 4 is 11.7 Å². The Morgan fingerprint density at radius 3 is 2.94 bits per heavy atom. The number of hydrogen-bond donors (Lipinski definition) is 2. The monoisotopic (exact) mass is 254 g/mol. The summed E-state index contributed by atoms with van der Waals surface area (Å²) >= 11 is 0. The van der Waals surface area contributed by atoms with Crippen molar-refractivity contribution in [1.82, 2.24) is 4.90 Å². The summed E-state index contributed by atoms with van der Waals surface area (Å²) in [6.45, 7) is 0.803.